The summed E-state index contributed by atoms with van der Waals surface area (Å²) >= 11 is 0. The predicted molar refractivity (Wildman–Crippen MR) is 301 cm³/mol. The maximum Gasteiger partial charge on any atom is 0.120 e. The number of rotatable bonds is 12. The third-order valence-corrected chi connectivity index (χ3v) is 14.9. The van der Waals surface area contributed by atoms with E-state index in [1.807, 2.05) is 12.1 Å². The number of aliphatic hydroxyl groups is 2. The van der Waals surface area contributed by atoms with E-state index in [2.05, 4.69) is 231 Å². The minimum absolute atomic E-state index is 0.0474. The van der Waals surface area contributed by atoms with Crippen molar-refractivity contribution in [2.75, 3.05) is 26.4 Å². The molecule has 0 amide bonds. The molecule has 12 aromatic carbocycles. The van der Waals surface area contributed by atoms with Crippen LogP contribution in [0.1, 0.15) is 22.3 Å². The Morgan fingerprint density at radius 3 is 1.00 bits per heavy atom. The van der Waals surface area contributed by atoms with E-state index in [0.29, 0.717) is 0 Å². The van der Waals surface area contributed by atoms with Crippen LogP contribution in [0.4, 0.5) is 0 Å². The smallest absolute Gasteiger partial charge is 0.120 e. The standard InChI is InChI=1S/C69H50O4/c70-33-35-72-63-29-23-55-39-61(27-21-57(55)41-63)69(62-28-22-58-42-64(73-36-34-71)30-24-56(58)40-62)67-43-59(49-13-9-47(10-14-49)53-19-17-45-5-1-3-7-51(45)37-53)25-31-65(67)66-32-26-60(44-68(66)69)50-15-11-48(12-16-50)54-20-18-46-6-2-4-8-52(46)38-54/h1-32,37-44,70-71H,33-36H2. The molecule has 0 aliphatic heterocycles. The molecule has 0 saturated carbocycles. The van der Waals surface area contributed by atoms with Crippen molar-refractivity contribution in [2.45, 2.75) is 5.41 Å². The lowest BCUT2D eigenvalue weighted by atomic mass is 9.66. The molecule has 2 N–H and O–H groups in total. The van der Waals surface area contributed by atoms with Crippen LogP contribution in [0.5, 0.6) is 11.5 Å². The Balaban J connectivity index is 1.000. The molecule has 0 spiro atoms. The molecular weight excluding hydrogens is 893 g/mol. The third kappa shape index (κ3) is 7.89. The van der Waals surface area contributed by atoms with Gasteiger partial charge in [-0.25, -0.2) is 0 Å². The second kappa shape index (κ2) is 18.4. The quantitative estimate of drug-likeness (QED) is 0.128. The molecule has 1 aliphatic carbocycles. The van der Waals surface area contributed by atoms with Crippen LogP contribution < -0.4 is 9.47 Å². The second-order valence-electron chi connectivity index (χ2n) is 19.1. The molecule has 0 aromatic heterocycles. The molecule has 0 atom stereocenters. The largest absolute Gasteiger partial charge is 0.491 e. The first-order valence-corrected chi connectivity index (χ1v) is 25.1. The van der Waals surface area contributed by atoms with Crippen molar-refractivity contribution in [1.82, 2.24) is 0 Å². The van der Waals surface area contributed by atoms with E-state index in [-0.39, 0.29) is 26.4 Å². The van der Waals surface area contributed by atoms with E-state index in [4.69, 9.17) is 9.47 Å². The zero-order valence-electron chi connectivity index (χ0n) is 40.1. The first-order chi connectivity index (χ1) is 36.0. The summed E-state index contributed by atoms with van der Waals surface area (Å²) in [6, 6.07) is 88.7. The molecule has 12 aromatic rings. The van der Waals surface area contributed by atoms with Gasteiger partial charge in [0, 0.05) is 0 Å². The van der Waals surface area contributed by atoms with Crippen molar-refractivity contribution < 1.29 is 19.7 Å². The maximum absolute atomic E-state index is 9.54. The summed E-state index contributed by atoms with van der Waals surface area (Å²) < 4.78 is 11.8. The highest BCUT2D eigenvalue weighted by Crippen LogP contribution is 2.58. The monoisotopic (exact) mass is 942 g/mol. The zero-order valence-corrected chi connectivity index (χ0v) is 40.1. The molecule has 0 radical (unpaired) electrons. The second-order valence-corrected chi connectivity index (χ2v) is 19.1. The van der Waals surface area contributed by atoms with Crippen molar-refractivity contribution in [1.29, 1.82) is 0 Å². The van der Waals surface area contributed by atoms with Crippen LogP contribution in [0.15, 0.2) is 243 Å². The number of hydrogen-bond donors (Lipinski definition) is 2. The fraction of sp³-hybridized carbons (Fsp3) is 0.0725. The number of fused-ring (bicyclic) bond motifs is 7. The van der Waals surface area contributed by atoms with Crippen LogP contribution in [-0.4, -0.2) is 36.6 Å². The lowest BCUT2D eigenvalue weighted by Crippen LogP contribution is -2.28. The molecule has 0 unspecified atom stereocenters. The number of benzene rings is 12. The van der Waals surface area contributed by atoms with Crippen molar-refractivity contribution in [2.24, 2.45) is 0 Å². The Bertz CT molecular complexity index is 3790. The van der Waals surface area contributed by atoms with Gasteiger partial charge in [-0.05, 0) is 182 Å². The van der Waals surface area contributed by atoms with Crippen LogP contribution in [0.2, 0.25) is 0 Å². The Hall–Kier alpha value is -8.80. The highest BCUT2D eigenvalue weighted by Gasteiger charge is 2.47. The van der Waals surface area contributed by atoms with Crippen LogP contribution in [0.3, 0.4) is 0 Å². The molecule has 1 aliphatic rings. The van der Waals surface area contributed by atoms with E-state index >= 15 is 0 Å². The van der Waals surface area contributed by atoms with Crippen LogP contribution in [0, 0.1) is 0 Å². The Morgan fingerprint density at radius 1 is 0.274 bits per heavy atom. The maximum atomic E-state index is 9.54. The van der Waals surface area contributed by atoms with Gasteiger partial charge in [-0.15, -0.1) is 0 Å². The SMILES string of the molecule is OCCOc1ccc2cc(C3(c4ccc5cc(OCCO)ccc5c4)c4cc(-c5ccc(-c6ccc7ccccc7c6)cc5)ccc4-c4ccc(-c5ccc(-c6ccc7ccccc7c6)cc5)cc43)ccc2c1. The van der Waals surface area contributed by atoms with Gasteiger partial charge in [0.15, 0.2) is 0 Å². The normalized spacial score (nSPS) is 12.6. The molecule has 0 bridgehead atoms. The van der Waals surface area contributed by atoms with E-state index in [1.54, 1.807) is 0 Å². The van der Waals surface area contributed by atoms with E-state index in [0.717, 1.165) is 66.4 Å². The van der Waals surface area contributed by atoms with Crippen LogP contribution in [0.25, 0.3) is 98.7 Å². The van der Waals surface area contributed by atoms with Gasteiger partial charge in [0.1, 0.15) is 24.7 Å². The third-order valence-electron chi connectivity index (χ3n) is 14.9. The highest BCUT2D eigenvalue weighted by atomic mass is 16.5. The molecule has 0 saturated heterocycles. The van der Waals surface area contributed by atoms with Crippen LogP contribution in [-0.2, 0) is 5.41 Å². The van der Waals surface area contributed by atoms with E-state index < -0.39 is 5.41 Å². The molecule has 0 heterocycles. The van der Waals surface area contributed by atoms with Gasteiger partial charge in [-0.3, -0.25) is 0 Å². The minimum Gasteiger partial charge on any atom is -0.491 e. The van der Waals surface area contributed by atoms with Gasteiger partial charge in [-0.1, -0.05) is 182 Å². The van der Waals surface area contributed by atoms with Crippen molar-refractivity contribution in [3.05, 3.63) is 265 Å². The Labute approximate surface area is 424 Å². The molecule has 13 rings (SSSR count). The average Bonchev–Trinajstić information content (AvgIpc) is 3.75. The molecule has 0 fully saturated rings. The van der Waals surface area contributed by atoms with Crippen molar-refractivity contribution in [3.63, 3.8) is 0 Å². The number of hydrogen-bond acceptors (Lipinski definition) is 4. The Morgan fingerprint density at radius 2 is 0.589 bits per heavy atom. The molecule has 73 heavy (non-hydrogen) atoms. The van der Waals surface area contributed by atoms with Gasteiger partial charge in [0.25, 0.3) is 0 Å². The summed E-state index contributed by atoms with van der Waals surface area (Å²) in [5, 5.41) is 28.3. The lowest BCUT2D eigenvalue weighted by Gasteiger charge is -2.35. The fourth-order valence-electron chi connectivity index (χ4n) is 11.3. The van der Waals surface area contributed by atoms with E-state index in [9.17, 15) is 10.2 Å². The summed E-state index contributed by atoms with van der Waals surface area (Å²) in [5.74, 6) is 1.45. The van der Waals surface area contributed by atoms with Crippen molar-refractivity contribution in [3.8, 4) is 67.1 Å². The molecule has 350 valence electrons. The Kier molecular flexibility index (Phi) is 11.1. The number of aliphatic hydroxyl groups excluding tert-OH is 2. The summed E-state index contributed by atoms with van der Waals surface area (Å²) in [6.45, 7) is 0.378. The van der Waals surface area contributed by atoms with Gasteiger partial charge in [0.2, 0.25) is 0 Å². The number of ether oxygens (including phenoxy) is 2. The lowest BCUT2D eigenvalue weighted by molar-refractivity contribution is 0.201. The summed E-state index contributed by atoms with van der Waals surface area (Å²) in [5.41, 5.74) is 15.7. The summed E-state index contributed by atoms with van der Waals surface area (Å²) in [6.07, 6.45) is 0. The van der Waals surface area contributed by atoms with Gasteiger partial charge < -0.3 is 19.7 Å². The van der Waals surface area contributed by atoms with Gasteiger partial charge in [-0.2, -0.15) is 0 Å². The average molecular weight is 943 g/mol. The molecule has 4 nitrogen and oxygen atoms in total. The summed E-state index contributed by atoms with van der Waals surface area (Å²) in [4.78, 5) is 0. The fourth-order valence-corrected chi connectivity index (χ4v) is 11.3. The predicted octanol–water partition coefficient (Wildman–Crippen LogP) is 16.1. The zero-order chi connectivity index (χ0) is 48.9. The minimum atomic E-state index is -0.757. The van der Waals surface area contributed by atoms with Crippen molar-refractivity contribution >= 4 is 43.1 Å². The summed E-state index contributed by atoms with van der Waals surface area (Å²) in [7, 11) is 0. The highest BCUT2D eigenvalue weighted by molar-refractivity contribution is 5.95. The van der Waals surface area contributed by atoms with E-state index in [1.165, 1.54) is 66.1 Å². The van der Waals surface area contributed by atoms with Gasteiger partial charge >= 0.3 is 0 Å². The van der Waals surface area contributed by atoms with Gasteiger partial charge in [0.05, 0.1) is 18.6 Å². The first kappa shape index (κ1) is 44.2. The topological polar surface area (TPSA) is 58.9 Å². The molecular formula is C69H50O4. The first-order valence-electron chi connectivity index (χ1n) is 25.1. The molecule has 4 heteroatoms. The van der Waals surface area contributed by atoms with Crippen LogP contribution >= 0.6 is 0 Å².